The lowest BCUT2D eigenvalue weighted by atomic mass is 10.1. The van der Waals surface area contributed by atoms with Crippen LogP contribution >= 0.6 is 12.4 Å². The number of benzene rings is 2. The Morgan fingerprint density at radius 3 is 2.54 bits per heavy atom. The molecule has 1 N–H and O–H groups in total. The van der Waals surface area contributed by atoms with E-state index in [9.17, 15) is 14.5 Å². The van der Waals surface area contributed by atoms with Gasteiger partial charge in [0, 0.05) is 24.2 Å². The van der Waals surface area contributed by atoms with Gasteiger partial charge in [-0.05, 0) is 43.7 Å². The van der Waals surface area contributed by atoms with Gasteiger partial charge in [-0.25, -0.2) is 4.39 Å². The summed E-state index contributed by atoms with van der Waals surface area (Å²) in [5.41, 5.74) is 1.83. The van der Waals surface area contributed by atoms with Crippen LogP contribution in [0, 0.1) is 15.9 Å². The number of nitrogens with one attached hydrogen (secondary N) is 1. The SMILES string of the molecule is CCOc1ccc([N+](=O)[O-])cc1CNCCc1ccc(F)cc1.Cl. The zero-order valence-electron chi connectivity index (χ0n) is 13.3. The molecule has 0 saturated heterocycles. The predicted molar refractivity (Wildman–Crippen MR) is 93.3 cm³/mol. The maximum Gasteiger partial charge on any atom is 0.270 e. The fourth-order valence-electron chi connectivity index (χ4n) is 2.22. The van der Waals surface area contributed by atoms with Gasteiger partial charge in [0.05, 0.1) is 11.5 Å². The molecule has 0 aliphatic heterocycles. The molecule has 2 aromatic carbocycles. The minimum absolute atomic E-state index is 0. The molecule has 2 rings (SSSR count). The lowest BCUT2D eigenvalue weighted by Gasteiger charge is -2.11. The molecule has 0 spiro atoms. The number of hydrogen-bond donors (Lipinski definition) is 1. The Labute approximate surface area is 146 Å². The molecule has 7 heteroatoms. The topological polar surface area (TPSA) is 64.4 Å². The van der Waals surface area contributed by atoms with Crippen molar-refractivity contribution < 1.29 is 14.1 Å². The molecule has 0 radical (unpaired) electrons. The van der Waals surface area contributed by atoms with E-state index in [-0.39, 0.29) is 23.9 Å². The molecule has 5 nitrogen and oxygen atoms in total. The standard InChI is InChI=1S/C17H19FN2O3.ClH/c1-2-23-17-8-7-16(20(21)22)11-14(17)12-19-10-9-13-3-5-15(18)6-4-13;/h3-8,11,19H,2,9-10,12H2,1H3;1H. The Morgan fingerprint density at radius 1 is 1.21 bits per heavy atom. The molecule has 24 heavy (non-hydrogen) atoms. The van der Waals surface area contributed by atoms with Gasteiger partial charge in [-0.15, -0.1) is 12.4 Å². The summed E-state index contributed by atoms with van der Waals surface area (Å²) in [4.78, 5) is 10.5. The van der Waals surface area contributed by atoms with Crippen molar-refractivity contribution >= 4 is 18.1 Å². The third-order valence-corrected chi connectivity index (χ3v) is 3.37. The molecule has 0 aliphatic carbocycles. The normalized spacial score (nSPS) is 10.1. The summed E-state index contributed by atoms with van der Waals surface area (Å²) in [5, 5.41) is 14.1. The average Bonchev–Trinajstić information content (AvgIpc) is 2.54. The van der Waals surface area contributed by atoms with Crippen LogP contribution in [0.2, 0.25) is 0 Å². The second kappa shape index (κ2) is 9.85. The van der Waals surface area contributed by atoms with Gasteiger partial charge in [0.2, 0.25) is 0 Å². The molecule has 0 heterocycles. The van der Waals surface area contributed by atoms with Crippen LogP contribution in [0.3, 0.4) is 0 Å². The Hall–Kier alpha value is -2.18. The van der Waals surface area contributed by atoms with Gasteiger partial charge in [0.15, 0.2) is 0 Å². The van der Waals surface area contributed by atoms with Gasteiger partial charge in [0.25, 0.3) is 5.69 Å². The summed E-state index contributed by atoms with van der Waals surface area (Å²) in [6.07, 6.45) is 0.749. The number of halogens is 2. The van der Waals surface area contributed by atoms with E-state index in [0.717, 1.165) is 17.5 Å². The molecule has 0 saturated carbocycles. The first-order valence-corrected chi connectivity index (χ1v) is 7.45. The van der Waals surface area contributed by atoms with E-state index in [1.807, 2.05) is 6.92 Å². The summed E-state index contributed by atoms with van der Waals surface area (Å²) in [5.74, 6) is 0.395. The zero-order valence-corrected chi connectivity index (χ0v) is 14.1. The fourth-order valence-corrected chi connectivity index (χ4v) is 2.22. The zero-order chi connectivity index (χ0) is 16.7. The van der Waals surface area contributed by atoms with Crippen LogP contribution in [0.5, 0.6) is 5.75 Å². The van der Waals surface area contributed by atoms with Gasteiger partial charge >= 0.3 is 0 Å². The molecular formula is C17H20ClFN2O3. The summed E-state index contributed by atoms with van der Waals surface area (Å²) in [6, 6.07) is 10.9. The Balaban J connectivity index is 0.00000288. The molecule has 0 amide bonds. The van der Waals surface area contributed by atoms with Crippen LogP contribution < -0.4 is 10.1 Å². The minimum Gasteiger partial charge on any atom is -0.494 e. The lowest BCUT2D eigenvalue weighted by Crippen LogP contribution is -2.17. The fraction of sp³-hybridized carbons (Fsp3) is 0.294. The highest BCUT2D eigenvalue weighted by atomic mass is 35.5. The molecular weight excluding hydrogens is 335 g/mol. The highest BCUT2D eigenvalue weighted by molar-refractivity contribution is 5.85. The molecule has 0 fully saturated rings. The third kappa shape index (κ3) is 5.79. The molecule has 130 valence electrons. The van der Waals surface area contributed by atoms with Crippen LogP contribution in [-0.2, 0) is 13.0 Å². The molecule has 0 atom stereocenters. The highest BCUT2D eigenvalue weighted by Gasteiger charge is 2.11. The quantitative estimate of drug-likeness (QED) is 0.444. The minimum atomic E-state index is -0.419. The molecule has 0 aliphatic rings. The average molecular weight is 355 g/mol. The summed E-state index contributed by atoms with van der Waals surface area (Å²) < 4.78 is 18.3. The number of hydrogen-bond acceptors (Lipinski definition) is 4. The predicted octanol–water partition coefficient (Wildman–Crippen LogP) is 3.89. The lowest BCUT2D eigenvalue weighted by molar-refractivity contribution is -0.384. The number of nitro benzene ring substituents is 1. The van der Waals surface area contributed by atoms with Crippen LogP contribution in [-0.4, -0.2) is 18.1 Å². The summed E-state index contributed by atoms with van der Waals surface area (Å²) >= 11 is 0. The second-order valence-electron chi connectivity index (χ2n) is 5.04. The first-order valence-electron chi connectivity index (χ1n) is 7.45. The molecule has 0 bridgehead atoms. The van der Waals surface area contributed by atoms with Crippen LogP contribution in [0.4, 0.5) is 10.1 Å². The van der Waals surface area contributed by atoms with E-state index in [4.69, 9.17) is 4.74 Å². The van der Waals surface area contributed by atoms with Crippen LogP contribution in [0.1, 0.15) is 18.1 Å². The Kier molecular flexibility index (Phi) is 8.15. The maximum atomic E-state index is 12.8. The highest BCUT2D eigenvalue weighted by Crippen LogP contribution is 2.24. The van der Waals surface area contributed by atoms with Gasteiger partial charge < -0.3 is 10.1 Å². The van der Waals surface area contributed by atoms with Crippen molar-refractivity contribution in [2.45, 2.75) is 19.9 Å². The van der Waals surface area contributed by atoms with Crippen molar-refractivity contribution in [3.8, 4) is 5.75 Å². The van der Waals surface area contributed by atoms with Crippen molar-refractivity contribution in [1.82, 2.24) is 5.32 Å². The Morgan fingerprint density at radius 2 is 1.92 bits per heavy atom. The van der Waals surface area contributed by atoms with Crippen LogP contribution in [0.15, 0.2) is 42.5 Å². The van der Waals surface area contributed by atoms with E-state index in [1.54, 1.807) is 18.2 Å². The molecule has 0 aromatic heterocycles. The van der Waals surface area contributed by atoms with Gasteiger partial charge in [-0.1, -0.05) is 12.1 Å². The first kappa shape index (κ1) is 19.9. The van der Waals surface area contributed by atoms with Gasteiger partial charge in [-0.3, -0.25) is 10.1 Å². The van der Waals surface area contributed by atoms with Crippen LogP contribution in [0.25, 0.3) is 0 Å². The molecule has 2 aromatic rings. The maximum absolute atomic E-state index is 12.8. The van der Waals surface area contributed by atoms with E-state index < -0.39 is 4.92 Å². The van der Waals surface area contributed by atoms with Crippen molar-refractivity contribution in [3.63, 3.8) is 0 Å². The monoisotopic (exact) mass is 354 g/mol. The van der Waals surface area contributed by atoms with Crippen molar-refractivity contribution in [2.75, 3.05) is 13.2 Å². The number of rotatable bonds is 8. The number of ether oxygens (including phenoxy) is 1. The number of nitrogens with zero attached hydrogens (tertiary/aromatic N) is 1. The van der Waals surface area contributed by atoms with Crippen molar-refractivity contribution in [2.24, 2.45) is 0 Å². The van der Waals surface area contributed by atoms with Crippen molar-refractivity contribution in [3.05, 3.63) is 69.5 Å². The van der Waals surface area contributed by atoms with Gasteiger partial charge in [-0.2, -0.15) is 0 Å². The summed E-state index contributed by atoms with van der Waals surface area (Å²) in [6.45, 7) is 3.52. The van der Waals surface area contributed by atoms with Crippen molar-refractivity contribution in [1.29, 1.82) is 0 Å². The van der Waals surface area contributed by atoms with E-state index in [1.165, 1.54) is 24.3 Å². The van der Waals surface area contributed by atoms with E-state index in [0.29, 0.717) is 25.4 Å². The molecule has 0 unspecified atom stereocenters. The number of nitro groups is 1. The first-order chi connectivity index (χ1) is 11.1. The van der Waals surface area contributed by atoms with E-state index in [2.05, 4.69) is 5.32 Å². The largest absolute Gasteiger partial charge is 0.494 e. The second-order valence-corrected chi connectivity index (χ2v) is 5.04. The smallest absolute Gasteiger partial charge is 0.270 e. The van der Waals surface area contributed by atoms with Gasteiger partial charge in [0.1, 0.15) is 11.6 Å². The van der Waals surface area contributed by atoms with E-state index >= 15 is 0 Å². The third-order valence-electron chi connectivity index (χ3n) is 3.37. The Bertz CT molecular complexity index is 665. The number of non-ortho nitro benzene ring substituents is 1. The summed E-state index contributed by atoms with van der Waals surface area (Å²) in [7, 11) is 0.